The number of phenolic OH excluding ortho intramolecular Hbond substituents is 1. The van der Waals surface area contributed by atoms with Crippen molar-refractivity contribution in [2.45, 2.75) is 6.42 Å². The molecule has 3 N–H and O–H groups in total. The molecule has 0 fully saturated rings. The smallest absolute Gasteiger partial charge is 0.313 e. The average molecular weight is 353 g/mol. The van der Waals surface area contributed by atoms with Gasteiger partial charge in [-0.1, -0.05) is 41.4 Å². The molecule has 0 aromatic heterocycles. The van der Waals surface area contributed by atoms with E-state index in [2.05, 4.69) is 10.6 Å². The predicted molar refractivity (Wildman–Crippen MR) is 89.9 cm³/mol. The molecular weight excluding hydrogens is 339 g/mol. The molecule has 7 heteroatoms. The van der Waals surface area contributed by atoms with Crippen LogP contribution in [0.1, 0.15) is 5.56 Å². The summed E-state index contributed by atoms with van der Waals surface area (Å²) >= 11 is 11.8. The van der Waals surface area contributed by atoms with Crippen LogP contribution in [-0.2, 0) is 16.0 Å². The number of rotatable bonds is 4. The maximum atomic E-state index is 11.8. The second-order valence-corrected chi connectivity index (χ2v) is 5.54. The molecular formula is C16H14Cl2N2O3. The lowest BCUT2D eigenvalue weighted by Crippen LogP contribution is -2.36. The van der Waals surface area contributed by atoms with Crippen LogP contribution in [0.3, 0.4) is 0 Å². The lowest BCUT2D eigenvalue weighted by molar-refractivity contribution is -0.136. The van der Waals surface area contributed by atoms with Crippen molar-refractivity contribution in [3.05, 3.63) is 58.1 Å². The highest BCUT2D eigenvalue weighted by Crippen LogP contribution is 2.29. The topological polar surface area (TPSA) is 78.4 Å². The fraction of sp³-hybridized carbons (Fsp3) is 0.125. The van der Waals surface area contributed by atoms with Gasteiger partial charge >= 0.3 is 11.8 Å². The number of halogens is 2. The minimum atomic E-state index is -0.842. The molecule has 120 valence electrons. The zero-order valence-corrected chi connectivity index (χ0v) is 13.5. The van der Waals surface area contributed by atoms with E-state index >= 15 is 0 Å². The maximum Gasteiger partial charge on any atom is 0.313 e. The van der Waals surface area contributed by atoms with Crippen LogP contribution in [-0.4, -0.2) is 23.5 Å². The van der Waals surface area contributed by atoms with Gasteiger partial charge in [-0.2, -0.15) is 0 Å². The van der Waals surface area contributed by atoms with Crippen molar-refractivity contribution in [1.82, 2.24) is 5.32 Å². The summed E-state index contributed by atoms with van der Waals surface area (Å²) in [4.78, 5) is 23.6. The molecule has 0 unspecified atom stereocenters. The Kier molecular flexibility index (Phi) is 5.84. The third-order valence-corrected chi connectivity index (χ3v) is 3.67. The van der Waals surface area contributed by atoms with Gasteiger partial charge in [0, 0.05) is 6.54 Å². The molecule has 0 aliphatic heterocycles. The Bertz CT molecular complexity index is 698. The van der Waals surface area contributed by atoms with Crippen LogP contribution in [0.2, 0.25) is 10.0 Å². The van der Waals surface area contributed by atoms with Crippen molar-refractivity contribution < 1.29 is 14.7 Å². The number of hydrogen-bond acceptors (Lipinski definition) is 3. The fourth-order valence-electron chi connectivity index (χ4n) is 1.85. The summed E-state index contributed by atoms with van der Waals surface area (Å²) in [7, 11) is 0. The number of phenols is 1. The highest BCUT2D eigenvalue weighted by atomic mass is 35.5. The molecule has 2 rings (SSSR count). The van der Waals surface area contributed by atoms with Gasteiger partial charge in [0.2, 0.25) is 0 Å². The number of anilines is 1. The van der Waals surface area contributed by atoms with Gasteiger partial charge in [0.1, 0.15) is 5.75 Å². The number of carbonyl (C=O) groups excluding carboxylic acids is 2. The monoisotopic (exact) mass is 352 g/mol. The highest BCUT2D eigenvalue weighted by Gasteiger charge is 2.16. The average Bonchev–Trinajstić information content (AvgIpc) is 2.52. The molecule has 0 spiro atoms. The largest absolute Gasteiger partial charge is 0.508 e. The van der Waals surface area contributed by atoms with E-state index in [0.717, 1.165) is 5.56 Å². The summed E-state index contributed by atoms with van der Waals surface area (Å²) in [6.07, 6.45) is 0.534. The number of carbonyl (C=O) groups is 2. The zero-order chi connectivity index (χ0) is 16.8. The van der Waals surface area contributed by atoms with Crippen molar-refractivity contribution in [3.8, 4) is 5.75 Å². The van der Waals surface area contributed by atoms with Crippen LogP contribution >= 0.6 is 23.2 Å². The summed E-state index contributed by atoms with van der Waals surface area (Å²) in [6, 6.07) is 11.4. The molecule has 23 heavy (non-hydrogen) atoms. The number of amides is 2. The van der Waals surface area contributed by atoms with E-state index in [4.69, 9.17) is 23.2 Å². The van der Waals surface area contributed by atoms with Crippen LogP contribution in [0.15, 0.2) is 42.5 Å². The number of aromatic hydroxyl groups is 1. The van der Waals surface area contributed by atoms with Crippen molar-refractivity contribution in [2.75, 3.05) is 11.9 Å². The van der Waals surface area contributed by atoms with Gasteiger partial charge in [-0.05, 0) is 36.2 Å². The van der Waals surface area contributed by atoms with Gasteiger partial charge < -0.3 is 15.7 Å². The molecule has 0 heterocycles. The minimum absolute atomic E-state index is 0.175. The van der Waals surface area contributed by atoms with Crippen LogP contribution < -0.4 is 10.6 Å². The molecule has 0 saturated heterocycles. The van der Waals surface area contributed by atoms with Gasteiger partial charge in [0.25, 0.3) is 0 Å². The summed E-state index contributed by atoms with van der Waals surface area (Å²) < 4.78 is 0. The first-order chi connectivity index (χ1) is 11.0. The summed E-state index contributed by atoms with van der Waals surface area (Å²) in [5, 5.41) is 14.6. The van der Waals surface area contributed by atoms with Gasteiger partial charge in [-0.25, -0.2) is 0 Å². The Morgan fingerprint density at radius 2 is 1.57 bits per heavy atom. The van der Waals surface area contributed by atoms with Gasteiger partial charge in [0.15, 0.2) is 0 Å². The summed E-state index contributed by atoms with van der Waals surface area (Å²) in [5.74, 6) is -1.45. The van der Waals surface area contributed by atoms with E-state index < -0.39 is 11.8 Å². The Morgan fingerprint density at radius 3 is 2.17 bits per heavy atom. The summed E-state index contributed by atoms with van der Waals surface area (Å²) in [6.45, 7) is 0.285. The molecule has 0 radical (unpaired) electrons. The van der Waals surface area contributed by atoms with Crippen molar-refractivity contribution in [3.63, 3.8) is 0 Å². The lowest BCUT2D eigenvalue weighted by atomic mass is 10.1. The highest BCUT2D eigenvalue weighted by molar-refractivity contribution is 6.44. The fourth-order valence-corrected chi connectivity index (χ4v) is 2.34. The van der Waals surface area contributed by atoms with Gasteiger partial charge in [-0.15, -0.1) is 0 Å². The van der Waals surface area contributed by atoms with Gasteiger partial charge in [0.05, 0.1) is 15.7 Å². The van der Waals surface area contributed by atoms with Crippen molar-refractivity contribution in [2.24, 2.45) is 0 Å². The Labute approximate surface area is 143 Å². The normalized spacial score (nSPS) is 10.2. The standard InChI is InChI=1S/C16H14Cl2N2O3/c17-12-2-1-3-13(18)14(12)20-16(23)15(22)19-9-8-10-4-6-11(21)7-5-10/h1-7,21H,8-9H2,(H,19,22)(H,20,23). The third-order valence-electron chi connectivity index (χ3n) is 3.04. The number of para-hydroxylation sites is 1. The molecule has 2 aromatic rings. The number of nitrogens with one attached hydrogen (secondary N) is 2. The zero-order valence-electron chi connectivity index (χ0n) is 12.0. The second-order valence-electron chi connectivity index (χ2n) is 4.72. The SMILES string of the molecule is O=C(NCCc1ccc(O)cc1)C(=O)Nc1c(Cl)cccc1Cl. The van der Waals surface area contributed by atoms with Crippen LogP contribution in [0.25, 0.3) is 0 Å². The first-order valence-electron chi connectivity index (χ1n) is 6.78. The van der Waals surface area contributed by atoms with E-state index in [0.29, 0.717) is 6.42 Å². The second kappa shape index (κ2) is 7.85. The third kappa shape index (κ3) is 4.87. The van der Waals surface area contributed by atoms with Crippen molar-refractivity contribution in [1.29, 1.82) is 0 Å². The first-order valence-corrected chi connectivity index (χ1v) is 7.54. The number of benzene rings is 2. The number of hydrogen-bond donors (Lipinski definition) is 3. The summed E-state index contributed by atoms with van der Waals surface area (Å²) in [5.41, 5.74) is 1.13. The van der Waals surface area contributed by atoms with E-state index in [1.807, 2.05) is 0 Å². The van der Waals surface area contributed by atoms with Crippen LogP contribution in [0.4, 0.5) is 5.69 Å². The van der Waals surface area contributed by atoms with E-state index in [-0.39, 0.29) is 28.0 Å². The van der Waals surface area contributed by atoms with E-state index in [9.17, 15) is 14.7 Å². The van der Waals surface area contributed by atoms with Crippen LogP contribution in [0.5, 0.6) is 5.75 Å². The molecule has 0 bridgehead atoms. The lowest BCUT2D eigenvalue weighted by Gasteiger charge is -2.09. The maximum absolute atomic E-state index is 11.8. The molecule has 0 aliphatic rings. The molecule has 2 amide bonds. The van der Waals surface area contributed by atoms with E-state index in [1.165, 1.54) is 0 Å². The van der Waals surface area contributed by atoms with Gasteiger partial charge in [-0.3, -0.25) is 9.59 Å². The van der Waals surface area contributed by atoms with E-state index in [1.54, 1.807) is 42.5 Å². The Balaban J connectivity index is 1.85. The molecule has 2 aromatic carbocycles. The Hall–Kier alpha value is -2.24. The van der Waals surface area contributed by atoms with Crippen molar-refractivity contribution >= 4 is 40.7 Å². The minimum Gasteiger partial charge on any atom is -0.508 e. The Morgan fingerprint density at radius 1 is 0.957 bits per heavy atom. The molecule has 5 nitrogen and oxygen atoms in total. The predicted octanol–water partition coefficient (Wildman–Crippen LogP) is 3.00. The first kappa shape index (κ1) is 17.1. The van der Waals surface area contributed by atoms with Crippen LogP contribution in [0, 0.1) is 0 Å². The molecule has 0 atom stereocenters. The quantitative estimate of drug-likeness (QED) is 0.740. The molecule has 0 aliphatic carbocycles. The molecule has 0 saturated carbocycles.